The highest BCUT2D eigenvalue weighted by molar-refractivity contribution is 7.98. The van der Waals surface area contributed by atoms with Crippen LogP contribution in [0.1, 0.15) is 11.1 Å². The summed E-state index contributed by atoms with van der Waals surface area (Å²) in [5.74, 6) is 0.885. The van der Waals surface area contributed by atoms with E-state index >= 15 is 0 Å². The molecule has 0 spiro atoms. The number of hydrogen-bond donors (Lipinski definition) is 1. The van der Waals surface area contributed by atoms with Gasteiger partial charge in [-0.15, -0.1) is 16.8 Å². The number of thioether (sulfide) groups is 1. The molecule has 0 aliphatic rings. The summed E-state index contributed by atoms with van der Waals surface area (Å²) < 4.78 is 1.74. The number of nitro groups is 1. The molecule has 1 aromatic heterocycles. The molecule has 0 radical (unpaired) electrons. The molecule has 0 aliphatic heterocycles. The van der Waals surface area contributed by atoms with Gasteiger partial charge in [-0.05, 0) is 12.5 Å². The molecule has 0 fully saturated rings. The first-order valence-electron chi connectivity index (χ1n) is 6.19. The number of nitrogens with two attached hydrogens (primary N) is 1. The molecule has 8 heteroatoms. The molecule has 0 unspecified atom stereocenters. The van der Waals surface area contributed by atoms with E-state index in [0.717, 1.165) is 5.56 Å². The molecule has 110 valence electrons. The van der Waals surface area contributed by atoms with E-state index in [1.807, 2.05) is 6.07 Å². The SMILES string of the molecule is C=CCn1c(N)nnc1SCc1cccc([N+](=O)[O-])c1C. The highest BCUT2D eigenvalue weighted by Crippen LogP contribution is 2.28. The lowest BCUT2D eigenvalue weighted by Gasteiger charge is -2.07. The average molecular weight is 305 g/mol. The van der Waals surface area contributed by atoms with Gasteiger partial charge in [0, 0.05) is 23.9 Å². The number of aromatic nitrogens is 3. The molecule has 1 heterocycles. The average Bonchev–Trinajstić information content (AvgIpc) is 2.79. The topological polar surface area (TPSA) is 99.9 Å². The van der Waals surface area contributed by atoms with Crippen LogP contribution in [0.2, 0.25) is 0 Å². The Kier molecular flexibility index (Phi) is 4.59. The van der Waals surface area contributed by atoms with E-state index in [9.17, 15) is 10.1 Å². The lowest BCUT2D eigenvalue weighted by atomic mass is 10.1. The van der Waals surface area contributed by atoms with Crippen LogP contribution in [0, 0.1) is 17.0 Å². The van der Waals surface area contributed by atoms with Crippen molar-refractivity contribution in [2.45, 2.75) is 24.4 Å². The first-order valence-corrected chi connectivity index (χ1v) is 7.18. The van der Waals surface area contributed by atoms with Crippen molar-refractivity contribution in [3.8, 4) is 0 Å². The number of allylic oxidation sites excluding steroid dienone is 1. The van der Waals surface area contributed by atoms with Crippen molar-refractivity contribution >= 4 is 23.4 Å². The van der Waals surface area contributed by atoms with E-state index in [-0.39, 0.29) is 10.6 Å². The van der Waals surface area contributed by atoms with Crippen molar-refractivity contribution in [3.05, 3.63) is 52.1 Å². The van der Waals surface area contributed by atoms with Crippen LogP contribution in [0.5, 0.6) is 0 Å². The van der Waals surface area contributed by atoms with Crippen LogP contribution in [-0.2, 0) is 12.3 Å². The molecule has 0 saturated carbocycles. The fourth-order valence-electron chi connectivity index (χ4n) is 1.87. The lowest BCUT2D eigenvalue weighted by molar-refractivity contribution is -0.385. The molecule has 0 aliphatic carbocycles. The summed E-state index contributed by atoms with van der Waals surface area (Å²) in [7, 11) is 0. The van der Waals surface area contributed by atoms with Gasteiger partial charge >= 0.3 is 0 Å². The molecule has 0 atom stereocenters. The minimum atomic E-state index is -0.373. The first-order chi connectivity index (χ1) is 10.0. The van der Waals surface area contributed by atoms with Crippen molar-refractivity contribution in [1.29, 1.82) is 0 Å². The summed E-state index contributed by atoms with van der Waals surface area (Å²) in [5, 5.41) is 19.4. The van der Waals surface area contributed by atoms with Gasteiger partial charge in [-0.3, -0.25) is 14.7 Å². The maximum atomic E-state index is 10.9. The summed E-state index contributed by atoms with van der Waals surface area (Å²) in [6.07, 6.45) is 1.71. The van der Waals surface area contributed by atoms with Crippen LogP contribution in [0.15, 0.2) is 36.0 Å². The van der Waals surface area contributed by atoms with Gasteiger partial charge in [-0.25, -0.2) is 0 Å². The second-order valence-corrected chi connectivity index (χ2v) is 5.29. The van der Waals surface area contributed by atoms with Gasteiger partial charge in [0.2, 0.25) is 5.95 Å². The maximum absolute atomic E-state index is 10.9. The van der Waals surface area contributed by atoms with Crippen LogP contribution in [0.25, 0.3) is 0 Å². The van der Waals surface area contributed by atoms with Crippen LogP contribution >= 0.6 is 11.8 Å². The normalized spacial score (nSPS) is 10.5. The Balaban J connectivity index is 2.19. The Hall–Kier alpha value is -2.35. The van der Waals surface area contributed by atoms with E-state index in [2.05, 4.69) is 16.8 Å². The largest absolute Gasteiger partial charge is 0.368 e. The molecule has 21 heavy (non-hydrogen) atoms. The van der Waals surface area contributed by atoms with Gasteiger partial charge in [0.25, 0.3) is 5.69 Å². The van der Waals surface area contributed by atoms with Crippen LogP contribution in [0.4, 0.5) is 11.6 Å². The zero-order valence-electron chi connectivity index (χ0n) is 11.5. The predicted molar refractivity (Wildman–Crippen MR) is 82.0 cm³/mol. The zero-order chi connectivity index (χ0) is 15.4. The van der Waals surface area contributed by atoms with Gasteiger partial charge in [-0.2, -0.15) is 0 Å². The molecule has 2 N–H and O–H groups in total. The Morgan fingerprint density at radius 3 is 2.95 bits per heavy atom. The van der Waals surface area contributed by atoms with Crippen LogP contribution < -0.4 is 5.73 Å². The number of anilines is 1. The standard InChI is InChI=1S/C13H15N5O2S/c1-3-7-17-12(14)15-16-13(17)21-8-10-5-4-6-11(9(10)2)18(19)20/h3-6H,1,7-8H2,2H3,(H2,14,15). The maximum Gasteiger partial charge on any atom is 0.272 e. The number of rotatable bonds is 6. The minimum Gasteiger partial charge on any atom is -0.368 e. The molecular formula is C13H15N5O2S. The van der Waals surface area contributed by atoms with Crippen molar-refractivity contribution in [1.82, 2.24) is 14.8 Å². The fourth-order valence-corrected chi connectivity index (χ4v) is 2.89. The van der Waals surface area contributed by atoms with Crippen LogP contribution in [-0.4, -0.2) is 19.7 Å². The first kappa shape index (κ1) is 15.0. The fraction of sp³-hybridized carbons (Fsp3) is 0.231. The van der Waals surface area contributed by atoms with Crippen molar-refractivity contribution in [2.24, 2.45) is 0 Å². The minimum absolute atomic E-state index is 0.125. The molecule has 2 aromatic rings. The molecule has 2 rings (SSSR count). The Bertz CT molecular complexity index is 683. The Morgan fingerprint density at radius 1 is 1.52 bits per heavy atom. The number of nitrogen functional groups attached to an aromatic ring is 1. The van der Waals surface area contributed by atoms with Crippen molar-refractivity contribution in [2.75, 3.05) is 5.73 Å². The molecule has 1 aromatic carbocycles. The highest BCUT2D eigenvalue weighted by atomic mass is 32.2. The third-order valence-corrected chi connectivity index (χ3v) is 4.04. The monoisotopic (exact) mass is 305 g/mol. The third-order valence-electron chi connectivity index (χ3n) is 3.03. The van der Waals surface area contributed by atoms with Gasteiger partial charge in [-0.1, -0.05) is 30.0 Å². The summed E-state index contributed by atoms with van der Waals surface area (Å²) in [4.78, 5) is 10.6. The number of benzene rings is 1. The van der Waals surface area contributed by atoms with E-state index in [0.29, 0.717) is 29.0 Å². The molecule has 0 bridgehead atoms. The lowest BCUT2D eigenvalue weighted by Crippen LogP contribution is -2.03. The second kappa shape index (κ2) is 6.40. The summed E-state index contributed by atoms with van der Waals surface area (Å²) in [5.41, 5.74) is 7.41. The Morgan fingerprint density at radius 2 is 2.29 bits per heavy atom. The number of hydrogen-bond acceptors (Lipinski definition) is 6. The summed E-state index contributed by atoms with van der Waals surface area (Å²) in [6.45, 7) is 5.93. The predicted octanol–water partition coefficient (Wildman–Crippen LogP) is 2.56. The number of nitrogens with zero attached hydrogens (tertiary/aromatic N) is 4. The van der Waals surface area contributed by atoms with Crippen molar-refractivity contribution < 1.29 is 4.92 Å². The highest BCUT2D eigenvalue weighted by Gasteiger charge is 2.15. The van der Waals surface area contributed by atoms with E-state index in [4.69, 9.17) is 5.73 Å². The van der Waals surface area contributed by atoms with Gasteiger partial charge in [0.1, 0.15) is 0 Å². The van der Waals surface area contributed by atoms with E-state index < -0.39 is 0 Å². The Labute approximate surface area is 126 Å². The smallest absolute Gasteiger partial charge is 0.272 e. The van der Waals surface area contributed by atoms with Gasteiger partial charge < -0.3 is 5.73 Å². The number of nitro benzene ring substituents is 1. The summed E-state index contributed by atoms with van der Waals surface area (Å²) >= 11 is 1.43. The van der Waals surface area contributed by atoms with E-state index in [1.54, 1.807) is 23.6 Å². The van der Waals surface area contributed by atoms with Gasteiger partial charge in [0.15, 0.2) is 5.16 Å². The molecule has 0 amide bonds. The van der Waals surface area contributed by atoms with Gasteiger partial charge in [0.05, 0.1) is 4.92 Å². The van der Waals surface area contributed by atoms with E-state index in [1.165, 1.54) is 17.8 Å². The summed E-state index contributed by atoms with van der Waals surface area (Å²) in [6, 6.07) is 5.05. The third kappa shape index (κ3) is 3.22. The zero-order valence-corrected chi connectivity index (χ0v) is 12.3. The van der Waals surface area contributed by atoms with Crippen molar-refractivity contribution in [3.63, 3.8) is 0 Å². The molecule has 0 saturated heterocycles. The quantitative estimate of drug-likeness (QED) is 0.381. The second-order valence-electron chi connectivity index (χ2n) is 4.35. The molecule has 7 nitrogen and oxygen atoms in total. The van der Waals surface area contributed by atoms with Crippen LogP contribution in [0.3, 0.4) is 0 Å². The molecular weight excluding hydrogens is 290 g/mol.